The number of halogens is 3. The largest absolute Gasteiger partial charge is 0.380 e. The van der Waals surface area contributed by atoms with Crippen LogP contribution in [0.5, 0.6) is 0 Å². The summed E-state index contributed by atoms with van der Waals surface area (Å²) in [5, 5.41) is 2.86. The van der Waals surface area contributed by atoms with Gasteiger partial charge in [0.1, 0.15) is 11.6 Å². The molecule has 0 saturated heterocycles. The topological polar surface area (TPSA) is 21.3 Å². The summed E-state index contributed by atoms with van der Waals surface area (Å²) in [4.78, 5) is 0. The standard InChI is InChI=1S/C12H16BrF2NO/c1-12(2,3)17-5-4-16-11-6-8(13)9(14)7-10(11)15/h6-7,16H,4-5H2,1-3H3. The maximum absolute atomic E-state index is 13.3. The molecule has 0 aromatic heterocycles. The fraction of sp³-hybridized carbons (Fsp3) is 0.500. The molecule has 0 bridgehead atoms. The molecule has 5 heteroatoms. The smallest absolute Gasteiger partial charge is 0.149 e. The SMILES string of the molecule is CC(C)(C)OCCNc1cc(Br)c(F)cc1F. The molecule has 96 valence electrons. The second kappa shape index (κ2) is 5.78. The Bertz CT molecular complexity index is 391. The molecule has 1 aromatic rings. The van der Waals surface area contributed by atoms with E-state index in [4.69, 9.17) is 4.74 Å². The molecule has 0 heterocycles. The zero-order chi connectivity index (χ0) is 13.1. The summed E-state index contributed by atoms with van der Waals surface area (Å²) in [6.45, 7) is 6.76. The van der Waals surface area contributed by atoms with Crippen LogP contribution in [0.4, 0.5) is 14.5 Å². The van der Waals surface area contributed by atoms with Crippen molar-refractivity contribution in [1.82, 2.24) is 0 Å². The molecule has 1 rings (SSSR count). The van der Waals surface area contributed by atoms with Gasteiger partial charge in [-0.05, 0) is 42.8 Å². The molecule has 0 spiro atoms. The third-order valence-corrected chi connectivity index (χ3v) is 2.57. The minimum atomic E-state index is -0.612. The highest BCUT2D eigenvalue weighted by atomic mass is 79.9. The lowest BCUT2D eigenvalue weighted by Crippen LogP contribution is -2.23. The van der Waals surface area contributed by atoms with E-state index in [2.05, 4.69) is 21.2 Å². The Morgan fingerprint density at radius 1 is 1.24 bits per heavy atom. The van der Waals surface area contributed by atoms with Crippen LogP contribution in [0, 0.1) is 11.6 Å². The maximum atomic E-state index is 13.3. The predicted octanol–water partition coefficient (Wildman–Crippen LogP) is 3.95. The van der Waals surface area contributed by atoms with Gasteiger partial charge in [-0.3, -0.25) is 0 Å². The van der Waals surface area contributed by atoms with Gasteiger partial charge in [0, 0.05) is 12.6 Å². The molecular formula is C12H16BrF2NO. The van der Waals surface area contributed by atoms with Crippen molar-refractivity contribution in [2.24, 2.45) is 0 Å². The van der Waals surface area contributed by atoms with Gasteiger partial charge in [0.2, 0.25) is 0 Å². The van der Waals surface area contributed by atoms with Crippen LogP contribution < -0.4 is 5.32 Å². The molecule has 0 radical (unpaired) electrons. The first-order valence-corrected chi connectivity index (χ1v) is 6.11. The second-order valence-electron chi connectivity index (χ2n) is 4.63. The average Bonchev–Trinajstić information content (AvgIpc) is 2.18. The Hall–Kier alpha value is -0.680. The minimum Gasteiger partial charge on any atom is -0.380 e. The van der Waals surface area contributed by atoms with Gasteiger partial charge >= 0.3 is 0 Å². The van der Waals surface area contributed by atoms with Crippen molar-refractivity contribution in [2.45, 2.75) is 26.4 Å². The maximum Gasteiger partial charge on any atom is 0.149 e. The van der Waals surface area contributed by atoms with Crippen molar-refractivity contribution < 1.29 is 13.5 Å². The number of hydrogen-bond donors (Lipinski definition) is 1. The number of benzene rings is 1. The summed E-state index contributed by atoms with van der Waals surface area (Å²) >= 11 is 3.01. The molecule has 0 amide bonds. The molecule has 0 atom stereocenters. The van der Waals surface area contributed by atoms with E-state index in [1.165, 1.54) is 6.07 Å². The molecule has 17 heavy (non-hydrogen) atoms. The summed E-state index contributed by atoms with van der Waals surface area (Å²) in [6.07, 6.45) is 0. The lowest BCUT2D eigenvalue weighted by molar-refractivity contribution is 0.00332. The molecule has 2 nitrogen and oxygen atoms in total. The third-order valence-electron chi connectivity index (χ3n) is 1.96. The van der Waals surface area contributed by atoms with Crippen LogP contribution in [0.2, 0.25) is 0 Å². The van der Waals surface area contributed by atoms with Crippen LogP contribution in [-0.2, 0) is 4.74 Å². The van der Waals surface area contributed by atoms with Gasteiger partial charge in [0.25, 0.3) is 0 Å². The Balaban J connectivity index is 2.50. The van der Waals surface area contributed by atoms with Gasteiger partial charge in [-0.1, -0.05) is 0 Å². The average molecular weight is 308 g/mol. The quantitative estimate of drug-likeness (QED) is 0.671. The highest BCUT2D eigenvalue weighted by Gasteiger charge is 2.10. The monoisotopic (exact) mass is 307 g/mol. The minimum absolute atomic E-state index is 0.219. The Labute approximate surface area is 108 Å². The predicted molar refractivity (Wildman–Crippen MR) is 68.3 cm³/mol. The van der Waals surface area contributed by atoms with E-state index in [0.717, 1.165) is 6.07 Å². The van der Waals surface area contributed by atoms with Crippen molar-refractivity contribution in [3.8, 4) is 0 Å². The number of hydrogen-bond acceptors (Lipinski definition) is 2. The summed E-state index contributed by atoms with van der Waals surface area (Å²) in [7, 11) is 0. The summed E-state index contributed by atoms with van der Waals surface area (Å²) in [6, 6.07) is 2.22. The van der Waals surface area contributed by atoms with E-state index in [-0.39, 0.29) is 15.8 Å². The summed E-state index contributed by atoms with van der Waals surface area (Å²) < 4.78 is 32.0. The van der Waals surface area contributed by atoms with Gasteiger partial charge in [-0.15, -0.1) is 0 Å². The van der Waals surface area contributed by atoms with Gasteiger partial charge in [0.15, 0.2) is 0 Å². The highest BCUT2D eigenvalue weighted by Crippen LogP contribution is 2.23. The molecule has 0 fully saturated rings. The molecule has 0 aliphatic carbocycles. The van der Waals surface area contributed by atoms with Gasteiger partial charge < -0.3 is 10.1 Å². The molecular weight excluding hydrogens is 292 g/mol. The Morgan fingerprint density at radius 3 is 2.47 bits per heavy atom. The van der Waals surface area contributed by atoms with Crippen molar-refractivity contribution in [3.05, 3.63) is 28.2 Å². The third kappa shape index (κ3) is 5.00. The normalized spacial score (nSPS) is 11.6. The Kier molecular flexibility index (Phi) is 4.89. The number of anilines is 1. The van der Waals surface area contributed by atoms with Crippen molar-refractivity contribution in [1.29, 1.82) is 0 Å². The zero-order valence-corrected chi connectivity index (χ0v) is 11.7. The van der Waals surface area contributed by atoms with Crippen LogP contribution in [0.15, 0.2) is 16.6 Å². The van der Waals surface area contributed by atoms with Crippen LogP contribution in [0.1, 0.15) is 20.8 Å². The van der Waals surface area contributed by atoms with Crippen LogP contribution >= 0.6 is 15.9 Å². The highest BCUT2D eigenvalue weighted by molar-refractivity contribution is 9.10. The number of nitrogens with one attached hydrogen (secondary N) is 1. The lowest BCUT2D eigenvalue weighted by Gasteiger charge is -2.19. The molecule has 0 aliphatic rings. The lowest BCUT2D eigenvalue weighted by atomic mass is 10.2. The van der Waals surface area contributed by atoms with E-state index in [1.54, 1.807) is 0 Å². The fourth-order valence-electron chi connectivity index (χ4n) is 1.20. The molecule has 0 aliphatic heterocycles. The van der Waals surface area contributed by atoms with Gasteiger partial charge in [-0.2, -0.15) is 0 Å². The van der Waals surface area contributed by atoms with E-state index in [9.17, 15) is 8.78 Å². The zero-order valence-electron chi connectivity index (χ0n) is 10.1. The molecule has 0 saturated carbocycles. The van der Waals surface area contributed by atoms with Gasteiger partial charge in [0.05, 0.1) is 22.4 Å². The Morgan fingerprint density at radius 2 is 1.88 bits per heavy atom. The first-order chi connectivity index (χ1) is 7.79. The summed E-state index contributed by atoms with van der Waals surface area (Å²) in [5.74, 6) is -1.22. The second-order valence-corrected chi connectivity index (χ2v) is 5.49. The first kappa shape index (κ1) is 14.4. The van der Waals surface area contributed by atoms with Crippen molar-refractivity contribution in [2.75, 3.05) is 18.5 Å². The van der Waals surface area contributed by atoms with Crippen LogP contribution in [-0.4, -0.2) is 18.8 Å². The van der Waals surface area contributed by atoms with E-state index >= 15 is 0 Å². The number of ether oxygens (including phenoxy) is 1. The van der Waals surface area contributed by atoms with Crippen molar-refractivity contribution >= 4 is 21.6 Å². The number of rotatable bonds is 4. The first-order valence-electron chi connectivity index (χ1n) is 5.32. The molecule has 1 N–H and O–H groups in total. The molecule has 1 aromatic carbocycles. The van der Waals surface area contributed by atoms with E-state index in [1.807, 2.05) is 20.8 Å². The van der Waals surface area contributed by atoms with E-state index in [0.29, 0.717) is 13.2 Å². The fourth-order valence-corrected chi connectivity index (χ4v) is 1.54. The van der Waals surface area contributed by atoms with Crippen LogP contribution in [0.25, 0.3) is 0 Å². The van der Waals surface area contributed by atoms with E-state index < -0.39 is 11.6 Å². The summed E-state index contributed by atoms with van der Waals surface area (Å²) in [5.41, 5.74) is 0.0413. The molecule has 0 unspecified atom stereocenters. The van der Waals surface area contributed by atoms with Gasteiger partial charge in [-0.25, -0.2) is 8.78 Å². The van der Waals surface area contributed by atoms with Crippen LogP contribution in [0.3, 0.4) is 0 Å². The van der Waals surface area contributed by atoms with Crippen molar-refractivity contribution in [3.63, 3.8) is 0 Å².